The summed E-state index contributed by atoms with van der Waals surface area (Å²) in [5, 5.41) is 8.60. The maximum atomic E-state index is 12.8. The molecule has 0 amide bonds. The predicted molar refractivity (Wildman–Crippen MR) is 105 cm³/mol. The van der Waals surface area contributed by atoms with Gasteiger partial charge in [0.25, 0.3) is 5.56 Å². The number of thiophene rings is 1. The van der Waals surface area contributed by atoms with Gasteiger partial charge in [0.15, 0.2) is 0 Å². The number of nitrogens with zero attached hydrogens (tertiary/aromatic N) is 2. The van der Waals surface area contributed by atoms with E-state index in [1.165, 1.54) is 16.9 Å². The van der Waals surface area contributed by atoms with E-state index in [9.17, 15) is 4.79 Å². The average molecular weight is 383 g/mol. The Morgan fingerprint density at radius 3 is 2.77 bits per heavy atom. The first-order valence-electron chi connectivity index (χ1n) is 8.55. The molecule has 4 aromatic rings. The van der Waals surface area contributed by atoms with Crippen molar-refractivity contribution in [3.8, 4) is 22.6 Å². The van der Waals surface area contributed by atoms with E-state index < -0.39 is 0 Å². The largest absolute Gasteiger partial charge is 0.306 e. The molecule has 0 aliphatic heterocycles. The molecule has 5 nitrogen and oxygen atoms in total. The Hall–Kier alpha value is -2.44. The van der Waals surface area contributed by atoms with Crippen molar-refractivity contribution < 1.29 is 0 Å². The maximum Gasteiger partial charge on any atom is 0.260 e. The Kier molecular flexibility index (Phi) is 3.69. The summed E-state index contributed by atoms with van der Waals surface area (Å²) >= 11 is 7.63. The third kappa shape index (κ3) is 2.48. The number of H-pyrrole nitrogens is 2. The Morgan fingerprint density at radius 2 is 1.92 bits per heavy atom. The summed E-state index contributed by atoms with van der Waals surface area (Å²) < 4.78 is 0. The van der Waals surface area contributed by atoms with Gasteiger partial charge in [0, 0.05) is 15.5 Å². The van der Waals surface area contributed by atoms with Gasteiger partial charge in [-0.15, -0.1) is 11.3 Å². The lowest BCUT2D eigenvalue weighted by Crippen LogP contribution is -2.11. The van der Waals surface area contributed by atoms with E-state index in [0.29, 0.717) is 10.8 Å². The number of benzene rings is 1. The number of aromatic amines is 2. The third-order valence-electron chi connectivity index (χ3n) is 4.85. The van der Waals surface area contributed by atoms with E-state index in [1.807, 2.05) is 24.3 Å². The Labute approximate surface area is 158 Å². The van der Waals surface area contributed by atoms with Crippen LogP contribution >= 0.6 is 22.9 Å². The second-order valence-corrected chi connectivity index (χ2v) is 7.99. The summed E-state index contributed by atoms with van der Waals surface area (Å²) in [4.78, 5) is 22.6. The molecule has 0 saturated carbocycles. The van der Waals surface area contributed by atoms with Gasteiger partial charge < -0.3 is 4.98 Å². The predicted octanol–water partition coefficient (Wildman–Crippen LogP) is 4.57. The number of aryl methyl sites for hydroxylation is 2. The molecule has 1 aromatic carbocycles. The van der Waals surface area contributed by atoms with Crippen LogP contribution in [0.3, 0.4) is 0 Å². The molecular formula is C19H15ClN4OS. The van der Waals surface area contributed by atoms with E-state index in [2.05, 4.69) is 15.2 Å². The van der Waals surface area contributed by atoms with E-state index in [4.69, 9.17) is 16.6 Å². The normalized spacial score (nSPS) is 13.9. The highest BCUT2D eigenvalue weighted by molar-refractivity contribution is 7.18. The van der Waals surface area contributed by atoms with Crippen molar-refractivity contribution in [2.45, 2.75) is 25.7 Å². The van der Waals surface area contributed by atoms with Crippen molar-refractivity contribution in [2.24, 2.45) is 0 Å². The molecule has 2 N–H and O–H groups in total. The fourth-order valence-electron chi connectivity index (χ4n) is 3.59. The molecule has 1 aliphatic rings. The maximum absolute atomic E-state index is 12.8. The highest BCUT2D eigenvalue weighted by Gasteiger charge is 2.21. The molecule has 7 heteroatoms. The number of rotatable bonds is 2. The van der Waals surface area contributed by atoms with E-state index >= 15 is 0 Å². The summed E-state index contributed by atoms with van der Waals surface area (Å²) in [5.41, 5.74) is 3.66. The molecule has 0 unspecified atom stereocenters. The van der Waals surface area contributed by atoms with Crippen LogP contribution in [0.1, 0.15) is 23.3 Å². The van der Waals surface area contributed by atoms with Crippen LogP contribution in [0.15, 0.2) is 35.3 Å². The van der Waals surface area contributed by atoms with Crippen LogP contribution in [-0.4, -0.2) is 20.2 Å². The molecule has 5 rings (SSSR count). The number of hydrogen-bond donors (Lipinski definition) is 2. The summed E-state index contributed by atoms with van der Waals surface area (Å²) in [5.74, 6) is 0.541. The van der Waals surface area contributed by atoms with Gasteiger partial charge in [-0.2, -0.15) is 5.10 Å². The number of aromatic nitrogens is 4. The van der Waals surface area contributed by atoms with Crippen molar-refractivity contribution in [3.63, 3.8) is 0 Å². The molecule has 0 atom stereocenters. The van der Waals surface area contributed by atoms with Crippen LogP contribution in [0, 0.1) is 0 Å². The summed E-state index contributed by atoms with van der Waals surface area (Å²) in [6, 6.07) is 7.49. The minimum atomic E-state index is -0.0624. The van der Waals surface area contributed by atoms with Crippen LogP contribution in [-0.2, 0) is 12.8 Å². The average Bonchev–Trinajstić information content (AvgIpc) is 3.26. The molecule has 0 saturated heterocycles. The molecule has 0 radical (unpaired) electrons. The minimum absolute atomic E-state index is 0.0624. The van der Waals surface area contributed by atoms with Crippen LogP contribution < -0.4 is 5.56 Å². The SMILES string of the molecule is O=c1[nH]c(-c2cn[nH]c2-c2ccc(Cl)cc2)nc2sc3c(c12)CCCC3. The van der Waals surface area contributed by atoms with Gasteiger partial charge in [-0.1, -0.05) is 23.7 Å². The van der Waals surface area contributed by atoms with Crippen molar-refractivity contribution in [3.05, 3.63) is 56.3 Å². The quantitative estimate of drug-likeness (QED) is 0.533. The van der Waals surface area contributed by atoms with Crippen molar-refractivity contribution in [1.82, 2.24) is 20.2 Å². The Balaban J connectivity index is 1.68. The van der Waals surface area contributed by atoms with Crippen molar-refractivity contribution in [2.75, 3.05) is 0 Å². The lowest BCUT2D eigenvalue weighted by molar-refractivity contribution is 0.700. The van der Waals surface area contributed by atoms with Crippen LogP contribution in [0.25, 0.3) is 32.9 Å². The fraction of sp³-hybridized carbons (Fsp3) is 0.211. The summed E-state index contributed by atoms with van der Waals surface area (Å²) in [6.07, 6.45) is 6.05. The van der Waals surface area contributed by atoms with Crippen molar-refractivity contribution >= 4 is 33.2 Å². The first-order valence-corrected chi connectivity index (χ1v) is 9.74. The molecule has 3 heterocycles. The fourth-order valence-corrected chi connectivity index (χ4v) is 4.98. The van der Waals surface area contributed by atoms with Gasteiger partial charge in [-0.05, 0) is 43.4 Å². The van der Waals surface area contributed by atoms with Gasteiger partial charge in [0.05, 0.1) is 22.8 Å². The molecule has 0 fully saturated rings. The third-order valence-corrected chi connectivity index (χ3v) is 6.29. The number of fused-ring (bicyclic) bond motifs is 3. The van der Waals surface area contributed by atoms with Gasteiger partial charge >= 0.3 is 0 Å². The molecule has 3 aromatic heterocycles. The monoisotopic (exact) mass is 382 g/mol. The lowest BCUT2D eigenvalue weighted by atomic mass is 9.97. The minimum Gasteiger partial charge on any atom is -0.306 e. The smallest absolute Gasteiger partial charge is 0.260 e. The Bertz CT molecular complexity index is 1170. The first-order chi connectivity index (χ1) is 12.7. The van der Waals surface area contributed by atoms with Gasteiger partial charge in [0.2, 0.25) is 0 Å². The highest BCUT2D eigenvalue weighted by Crippen LogP contribution is 2.35. The Morgan fingerprint density at radius 1 is 1.12 bits per heavy atom. The van der Waals surface area contributed by atoms with Crippen LogP contribution in [0.5, 0.6) is 0 Å². The molecular weight excluding hydrogens is 368 g/mol. The lowest BCUT2D eigenvalue weighted by Gasteiger charge is -2.09. The summed E-state index contributed by atoms with van der Waals surface area (Å²) in [6.45, 7) is 0. The molecule has 0 spiro atoms. The first kappa shape index (κ1) is 15.8. The van der Waals surface area contributed by atoms with E-state index in [-0.39, 0.29) is 5.56 Å². The van der Waals surface area contributed by atoms with Gasteiger partial charge in [-0.25, -0.2) is 4.98 Å². The number of nitrogens with one attached hydrogen (secondary N) is 2. The standard InChI is InChI=1S/C19H15ClN4OS/c20-11-7-5-10(6-8-11)16-13(9-21-24-16)17-22-18(25)15-12-3-1-2-4-14(12)26-19(15)23-17/h5-9H,1-4H2,(H,21,24)(H,22,23,25). The van der Waals surface area contributed by atoms with Crippen LogP contribution in [0.2, 0.25) is 5.02 Å². The van der Waals surface area contributed by atoms with E-state index in [1.54, 1.807) is 17.5 Å². The van der Waals surface area contributed by atoms with Gasteiger partial charge in [0.1, 0.15) is 10.7 Å². The van der Waals surface area contributed by atoms with Gasteiger partial charge in [-0.3, -0.25) is 9.89 Å². The molecule has 26 heavy (non-hydrogen) atoms. The zero-order chi connectivity index (χ0) is 17.7. The topological polar surface area (TPSA) is 74.4 Å². The second kappa shape index (κ2) is 6.07. The number of hydrogen-bond acceptors (Lipinski definition) is 4. The van der Waals surface area contributed by atoms with Crippen molar-refractivity contribution in [1.29, 1.82) is 0 Å². The van der Waals surface area contributed by atoms with E-state index in [0.717, 1.165) is 46.3 Å². The number of halogens is 1. The summed E-state index contributed by atoms with van der Waals surface area (Å²) in [7, 11) is 0. The molecule has 1 aliphatic carbocycles. The molecule has 130 valence electrons. The second-order valence-electron chi connectivity index (χ2n) is 6.47. The zero-order valence-electron chi connectivity index (χ0n) is 13.8. The molecule has 0 bridgehead atoms. The highest BCUT2D eigenvalue weighted by atomic mass is 35.5. The van der Waals surface area contributed by atoms with Crippen LogP contribution in [0.4, 0.5) is 0 Å². The zero-order valence-corrected chi connectivity index (χ0v) is 15.4.